The molecule has 3 rings (SSSR count). The molecule has 1 N–H and O–H groups in total. The van der Waals surface area contributed by atoms with E-state index in [-0.39, 0.29) is 11.9 Å². The third kappa shape index (κ3) is 7.23. The largest absolute Gasteiger partial charge is 0.497 e. The van der Waals surface area contributed by atoms with Gasteiger partial charge in [0.15, 0.2) is 0 Å². The van der Waals surface area contributed by atoms with Gasteiger partial charge in [0.25, 0.3) is 0 Å². The van der Waals surface area contributed by atoms with Gasteiger partial charge in [-0.2, -0.15) is 0 Å². The topological polar surface area (TPSA) is 51.2 Å². The van der Waals surface area contributed by atoms with Crippen LogP contribution in [-0.2, 0) is 11.2 Å². The lowest BCUT2D eigenvalue weighted by molar-refractivity contribution is -0.117. The second-order valence-corrected chi connectivity index (χ2v) is 8.26. The molecule has 160 valence electrons. The van der Waals surface area contributed by atoms with Crippen LogP contribution in [0.2, 0.25) is 0 Å². The van der Waals surface area contributed by atoms with Gasteiger partial charge in [-0.1, -0.05) is 36.4 Å². The average molecular weight is 433 g/mol. The number of methoxy groups -OCH3 is 1. The van der Waals surface area contributed by atoms with Gasteiger partial charge < -0.3 is 10.1 Å². The molecule has 0 saturated carbocycles. The summed E-state index contributed by atoms with van der Waals surface area (Å²) in [4.78, 5) is 17.6. The molecule has 0 aliphatic carbocycles. The summed E-state index contributed by atoms with van der Waals surface area (Å²) in [5.41, 5.74) is 3.38. The summed E-state index contributed by atoms with van der Waals surface area (Å²) in [6.45, 7) is 2.04. The molecule has 31 heavy (non-hydrogen) atoms. The van der Waals surface area contributed by atoms with E-state index in [0.717, 1.165) is 41.0 Å². The molecular weight excluding hydrogens is 404 g/mol. The standard InChI is InChI=1S/C26H28N2O2S/c1-20(7-3-8-21-9-5-17-27-19-21)28-26(29)12-4-10-24(25-11-6-18-31-25)22-13-15-23(30-2)16-14-22/h4-6,9-20H,3,7-8H2,1-2H3,(H,28,29)/t20-/m1/s1. The molecule has 1 aromatic carbocycles. The zero-order valence-electron chi connectivity index (χ0n) is 18.0. The van der Waals surface area contributed by atoms with Crippen molar-refractivity contribution >= 4 is 22.8 Å². The molecule has 1 atom stereocenters. The van der Waals surface area contributed by atoms with Gasteiger partial charge in [-0.05, 0) is 72.5 Å². The number of pyridine rings is 1. The average Bonchev–Trinajstić information content (AvgIpc) is 3.32. The number of hydrogen-bond acceptors (Lipinski definition) is 4. The number of carbonyl (C=O) groups is 1. The Morgan fingerprint density at radius 2 is 2.03 bits per heavy atom. The van der Waals surface area contributed by atoms with Gasteiger partial charge >= 0.3 is 0 Å². The first-order valence-corrected chi connectivity index (χ1v) is 11.3. The summed E-state index contributed by atoms with van der Waals surface area (Å²) in [7, 11) is 1.66. The Labute approximate surface area is 188 Å². The molecule has 1 amide bonds. The highest BCUT2D eigenvalue weighted by Gasteiger charge is 2.07. The Morgan fingerprint density at radius 1 is 1.19 bits per heavy atom. The monoisotopic (exact) mass is 432 g/mol. The highest BCUT2D eigenvalue weighted by Crippen LogP contribution is 2.28. The van der Waals surface area contributed by atoms with Gasteiger partial charge in [-0.25, -0.2) is 0 Å². The Bertz CT molecular complexity index is 994. The fraction of sp³-hybridized carbons (Fsp3) is 0.231. The van der Waals surface area contributed by atoms with Crippen LogP contribution in [0.15, 0.2) is 84.5 Å². The number of hydrogen-bond donors (Lipinski definition) is 1. The number of nitrogens with one attached hydrogen (secondary N) is 1. The Balaban J connectivity index is 1.56. The smallest absolute Gasteiger partial charge is 0.244 e. The van der Waals surface area contributed by atoms with E-state index in [9.17, 15) is 4.79 Å². The number of allylic oxidation sites excluding steroid dienone is 2. The molecule has 0 bridgehead atoms. The van der Waals surface area contributed by atoms with E-state index in [1.165, 1.54) is 5.56 Å². The Morgan fingerprint density at radius 3 is 2.71 bits per heavy atom. The number of nitrogens with zero attached hydrogens (tertiary/aromatic N) is 1. The van der Waals surface area contributed by atoms with Crippen molar-refractivity contribution in [2.24, 2.45) is 0 Å². The van der Waals surface area contributed by atoms with E-state index >= 15 is 0 Å². The summed E-state index contributed by atoms with van der Waals surface area (Å²) < 4.78 is 5.26. The van der Waals surface area contributed by atoms with Crippen molar-refractivity contribution < 1.29 is 9.53 Å². The van der Waals surface area contributed by atoms with Crippen LogP contribution < -0.4 is 10.1 Å². The number of amides is 1. The minimum Gasteiger partial charge on any atom is -0.497 e. The van der Waals surface area contributed by atoms with Crippen molar-refractivity contribution in [1.82, 2.24) is 10.3 Å². The van der Waals surface area contributed by atoms with Crippen LogP contribution in [0.25, 0.3) is 5.57 Å². The first-order valence-electron chi connectivity index (χ1n) is 10.4. The minimum atomic E-state index is -0.0783. The van der Waals surface area contributed by atoms with E-state index in [1.54, 1.807) is 30.7 Å². The Hall–Kier alpha value is -3.18. The summed E-state index contributed by atoms with van der Waals surface area (Å²) >= 11 is 1.67. The predicted molar refractivity (Wildman–Crippen MR) is 128 cm³/mol. The third-order valence-corrected chi connectivity index (χ3v) is 5.82. The fourth-order valence-electron chi connectivity index (χ4n) is 3.28. The molecule has 0 spiro atoms. The maximum atomic E-state index is 12.3. The minimum absolute atomic E-state index is 0.0783. The first kappa shape index (κ1) is 22.5. The number of aromatic nitrogens is 1. The van der Waals surface area contributed by atoms with Crippen LogP contribution in [0.3, 0.4) is 0 Å². The number of thiophene rings is 1. The van der Waals surface area contributed by atoms with Gasteiger partial charge in [0.2, 0.25) is 5.91 Å². The van der Waals surface area contributed by atoms with Gasteiger partial charge in [-0.3, -0.25) is 9.78 Å². The lowest BCUT2D eigenvalue weighted by Gasteiger charge is -2.12. The highest BCUT2D eigenvalue weighted by atomic mass is 32.1. The lowest BCUT2D eigenvalue weighted by Crippen LogP contribution is -2.31. The summed E-state index contributed by atoms with van der Waals surface area (Å²) in [6.07, 6.45) is 12.0. The van der Waals surface area contributed by atoms with Gasteiger partial charge in [0.05, 0.1) is 7.11 Å². The molecule has 0 unspecified atom stereocenters. The third-order valence-electron chi connectivity index (χ3n) is 4.91. The number of benzene rings is 1. The predicted octanol–water partition coefficient (Wildman–Crippen LogP) is 5.67. The molecule has 2 heterocycles. The zero-order chi connectivity index (χ0) is 21.9. The van der Waals surface area contributed by atoms with E-state index in [1.807, 2.05) is 61.7 Å². The maximum Gasteiger partial charge on any atom is 0.244 e. The summed E-state index contributed by atoms with van der Waals surface area (Å²) in [5, 5.41) is 5.10. The van der Waals surface area contributed by atoms with Gasteiger partial charge in [0.1, 0.15) is 5.75 Å². The second kappa shape index (κ2) is 11.9. The quantitative estimate of drug-likeness (QED) is 0.332. The van der Waals surface area contributed by atoms with Crippen molar-refractivity contribution in [3.8, 4) is 5.75 Å². The highest BCUT2D eigenvalue weighted by molar-refractivity contribution is 7.11. The van der Waals surface area contributed by atoms with Crippen LogP contribution in [-0.4, -0.2) is 24.0 Å². The molecular formula is C26H28N2O2S. The fourth-order valence-corrected chi connectivity index (χ4v) is 4.05. The SMILES string of the molecule is COc1ccc(C(=CC=CC(=O)N[C@H](C)CCCc2cccnc2)c2cccs2)cc1. The molecule has 0 radical (unpaired) electrons. The summed E-state index contributed by atoms with van der Waals surface area (Å²) in [6, 6.07) is 16.2. The second-order valence-electron chi connectivity index (χ2n) is 7.31. The van der Waals surface area contributed by atoms with Crippen LogP contribution in [0.4, 0.5) is 0 Å². The van der Waals surface area contributed by atoms with Crippen LogP contribution in [0, 0.1) is 0 Å². The van der Waals surface area contributed by atoms with Crippen LogP contribution in [0.1, 0.15) is 35.8 Å². The molecule has 0 aliphatic heterocycles. The molecule has 5 heteroatoms. The van der Waals surface area contributed by atoms with E-state index in [2.05, 4.69) is 27.8 Å². The van der Waals surface area contributed by atoms with Crippen molar-refractivity contribution in [3.63, 3.8) is 0 Å². The maximum absolute atomic E-state index is 12.3. The zero-order valence-corrected chi connectivity index (χ0v) is 18.8. The van der Waals surface area contributed by atoms with Gasteiger partial charge in [-0.15, -0.1) is 11.3 Å². The van der Waals surface area contributed by atoms with Crippen molar-refractivity contribution in [3.05, 3.63) is 101 Å². The molecule has 0 saturated heterocycles. The molecule has 3 aromatic rings. The number of aryl methyl sites for hydroxylation is 1. The molecule has 2 aromatic heterocycles. The van der Waals surface area contributed by atoms with Crippen LogP contribution in [0.5, 0.6) is 5.75 Å². The summed E-state index contributed by atoms with van der Waals surface area (Å²) in [5.74, 6) is 0.743. The number of carbonyl (C=O) groups excluding carboxylic acids is 1. The lowest BCUT2D eigenvalue weighted by atomic mass is 10.0. The Kier molecular flexibility index (Phi) is 8.61. The van der Waals surface area contributed by atoms with Crippen LogP contribution >= 0.6 is 11.3 Å². The molecule has 0 aliphatic rings. The van der Waals surface area contributed by atoms with Crippen molar-refractivity contribution in [2.45, 2.75) is 32.2 Å². The molecule has 0 fully saturated rings. The van der Waals surface area contributed by atoms with Gasteiger partial charge in [0, 0.05) is 29.4 Å². The molecule has 4 nitrogen and oxygen atoms in total. The van der Waals surface area contributed by atoms with E-state index in [0.29, 0.717) is 0 Å². The van der Waals surface area contributed by atoms with Crippen molar-refractivity contribution in [2.75, 3.05) is 7.11 Å². The first-order chi connectivity index (χ1) is 15.2. The van der Waals surface area contributed by atoms with E-state index < -0.39 is 0 Å². The van der Waals surface area contributed by atoms with Crippen molar-refractivity contribution in [1.29, 1.82) is 0 Å². The number of ether oxygens (including phenoxy) is 1. The normalized spacial score (nSPS) is 12.6. The number of rotatable bonds is 10. The van der Waals surface area contributed by atoms with E-state index in [4.69, 9.17) is 4.74 Å².